The highest BCUT2D eigenvalue weighted by molar-refractivity contribution is 6.03. The second-order valence-electron chi connectivity index (χ2n) is 10.1. The van der Waals surface area contributed by atoms with Crippen LogP contribution in [0.15, 0.2) is 66.7 Å². The van der Waals surface area contributed by atoms with E-state index in [2.05, 4.69) is 10.2 Å². The van der Waals surface area contributed by atoms with Crippen LogP contribution in [0.5, 0.6) is 11.5 Å². The summed E-state index contributed by atoms with van der Waals surface area (Å²) in [6.07, 6.45) is 0. The van der Waals surface area contributed by atoms with Crippen molar-refractivity contribution in [1.82, 2.24) is 4.90 Å². The standard InChI is InChI=1S/C32H38N4O7/c1-23-6-4-5-7-28(23)33-32(40)36(15-14-34-16-19-42-20-17-34)29-13-10-26(22-30(29)41-3)35(24(2)37)18-21-43-27-11-8-25(9-12-27)31(38)39/h4-13,22H,14-21H2,1-3H3,(H,33,40)(H,38,39). The summed E-state index contributed by atoms with van der Waals surface area (Å²) >= 11 is 0. The Kier molecular flexibility index (Phi) is 11.0. The van der Waals surface area contributed by atoms with E-state index in [4.69, 9.17) is 19.3 Å². The maximum absolute atomic E-state index is 13.7. The Bertz CT molecular complexity index is 1410. The molecule has 4 rings (SSSR count). The lowest BCUT2D eigenvalue weighted by atomic mass is 10.2. The average molecular weight is 591 g/mol. The Balaban J connectivity index is 1.53. The van der Waals surface area contributed by atoms with Gasteiger partial charge in [0.15, 0.2) is 0 Å². The lowest BCUT2D eigenvalue weighted by Gasteiger charge is -2.31. The Morgan fingerprint density at radius 3 is 2.35 bits per heavy atom. The van der Waals surface area contributed by atoms with Gasteiger partial charge in [0, 0.05) is 50.5 Å². The van der Waals surface area contributed by atoms with Crippen molar-refractivity contribution in [3.05, 3.63) is 77.9 Å². The highest BCUT2D eigenvalue weighted by Gasteiger charge is 2.24. The molecule has 1 saturated heterocycles. The fourth-order valence-corrected chi connectivity index (χ4v) is 4.77. The number of para-hydroxylation sites is 1. The minimum atomic E-state index is -1.01. The molecular formula is C32H38N4O7. The molecule has 1 heterocycles. The van der Waals surface area contributed by atoms with Crippen LogP contribution in [-0.2, 0) is 9.53 Å². The Morgan fingerprint density at radius 1 is 0.977 bits per heavy atom. The minimum Gasteiger partial charge on any atom is -0.494 e. The van der Waals surface area contributed by atoms with Gasteiger partial charge in [-0.05, 0) is 55.0 Å². The van der Waals surface area contributed by atoms with Crippen molar-refractivity contribution in [3.63, 3.8) is 0 Å². The zero-order valence-corrected chi connectivity index (χ0v) is 24.7. The summed E-state index contributed by atoms with van der Waals surface area (Å²) in [5.74, 6) is -0.270. The number of morpholine rings is 1. The molecule has 0 atom stereocenters. The molecule has 1 fully saturated rings. The first-order valence-corrected chi connectivity index (χ1v) is 14.1. The molecule has 228 valence electrons. The summed E-state index contributed by atoms with van der Waals surface area (Å²) in [6.45, 7) is 7.80. The van der Waals surface area contributed by atoms with Crippen molar-refractivity contribution in [3.8, 4) is 11.5 Å². The van der Waals surface area contributed by atoms with Crippen LogP contribution in [0.4, 0.5) is 21.9 Å². The molecule has 43 heavy (non-hydrogen) atoms. The number of aromatic carboxylic acids is 1. The molecule has 0 spiro atoms. The second kappa shape index (κ2) is 15.0. The van der Waals surface area contributed by atoms with Crippen LogP contribution in [0, 0.1) is 6.92 Å². The maximum Gasteiger partial charge on any atom is 0.335 e. The molecular weight excluding hydrogens is 552 g/mol. The number of methoxy groups -OCH3 is 1. The zero-order valence-electron chi connectivity index (χ0n) is 24.7. The first-order chi connectivity index (χ1) is 20.8. The van der Waals surface area contributed by atoms with Crippen LogP contribution in [0.2, 0.25) is 0 Å². The van der Waals surface area contributed by atoms with Crippen molar-refractivity contribution in [2.75, 3.05) is 74.8 Å². The maximum atomic E-state index is 13.7. The third-order valence-electron chi connectivity index (χ3n) is 7.21. The quantitative estimate of drug-likeness (QED) is 0.316. The van der Waals surface area contributed by atoms with Crippen LogP contribution < -0.4 is 24.6 Å². The number of urea groups is 1. The first kappa shape index (κ1) is 31.3. The lowest BCUT2D eigenvalue weighted by molar-refractivity contribution is -0.116. The lowest BCUT2D eigenvalue weighted by Crippen LogP contribution is -2.44. The smallest absolute Gasteiger partial charge is 0.335 e. The van der Waals surface area contributed by atoms with Gasteiger partial charge in [-0.25, -0.2) is 9.59 Å². The van der Waals surface area contributed by atoms with Crippen molar-refractivity contribution in [1.29, 1.82) is 0 Å². The molecule has 3 aromatic carbocycles. The third-order valence-corrected chi connectivity index (χ3v) is 7.21. The fraction of sp³-hybridized carbons (Fsp3) is 0.344. The number of nitrogens with one attached hydrogen (secondary N) is 1. The molecule has 3 amide bonds. The number of hydrogen-bond acceptors (Lipinski definition) is 7. The highest BCUT2D eigenvalue weighted by atomic mass is 16.5. The van der Waals surface area contributed by atoms with Gasteiger partial charge in [0.25, 0.3) is 0 Å². The van der Waals surface area contributed by atoms with Crippen molar-refractivity contribution in [2.24, 2.45) is 0 Å². The SMILES string of the molecule is COc1cc(N(CCOc2ccc(C(=O)O)cc2)C(C)=O)ccc1N(CCN1CCOCC1)C(=O)Nc1ccccc1C. The molecule has 11 nitrogen and oxygen atoms in total. The molecule has 0 radical (unpaired) electrons. The van der Waals surface area contributed by atoms with Crippen LogP contribution >= 0.6 is 0 Å². The molecule has 2 N–H and O–H groups in total. The second-order valence-corrected chi connectivity index (χ2v) is 10.1. The van der Waals surface area contributed by atoms with Gasteiger partial charge in [0.2, 0.25) is 5.91 Å². The summed E-state index contributed by atoms with van der Waals surface area (Å²) in [5.41, 5.74) is 2.99. The molecule has 0 bridgehead atoms. The number of carbonyl (C=O) groups excluding carboxylic acids is 2. The number of nitrogens with zero attached hydrogens (tertiary/aromatic N) is 3. The number of benzene rings is 3. The number of anilines is 3. The fourth-order valence-electron chi connectivity index (χ4n) is 4.77. The third kappa shape index (κ3) is 8.46. The van der Waals surface area contributed by atoms with Gasteiger partial charge in [0.1, 0.15) is 18.1 Å². The largest absolute Gasteiger partial charge is 0.494 e. The molecule has 0 aromatic heterocycles. The van der Waals surface area contributed by atoms with Crippen LogP contribution in [0.1, 0.15) is 22.8 Å². The van der Waals surface area contributed by atoms with Crippen molar-refractivity contribution in [2.45, 2.75) is 13.8 Å². The number of rotatable bonds is 12. The number of aryl methyl sites for hydroxylation is 1. The van der Waals surface area contributed by atoms with Crippen molar-refractivity contribution >= 4 is 35.0 Å². The van der Waals surface area contributed by atoms with Gasteiger partial charge < -0.3 is 29.5 Å². The van der Waals surface area contributed by atoms with Gasteiger partial charge in [-0.2, -0.15) is 0 Å². The molecule has 1 aliphatic rings. The van der Waals surface area contributed by atoms with E-state index < -0.39 is 5.97 Å². The average Bonchev–Trinajstić information content (AvgIpc) is 3.01. The monoisotopic (exact) mass is 590 g/mol. The number of carboxylic acids is 1. The number of ether oxygens (including phenoxy) is 3. The molecule has 1 aliphatic heterocycles. The highest BCUT2D eigenvalue weighted by Crippen LogP contribution is 2.34. The van der Waals surface area contributed by atoms with Crippen molar-refractivity contribution < 1.29 is 33.7 Å². The normalized spacial score (nSPS) is 13.2. The van der Waals surface area contributed by atoms with Gasteiger partial charge in [-0.1, -0.05) is 18.2 Å². The van der Waals surface area contributed by atoms with Gasteiger partial charge >= 0.3 is 12.0 Å². The molecule has 3 aromatic rings. The van der Waals surface area contributed by atoms with Gasteiger partial charge in [0.05, 0.1) is 38.1 Å². The predicted molar refractivity (Wildman–Crippen MR) is 165 cm³/mol. The van der Waals surface area contributed by atoms with E-state index in [1.165, 1.54) is 26.2 Å². The van der Waals surface area contributed by atoms with E-state index >= 15 is 0 Å². The topological polar surface area (TPSA) is 121 Å². The summed E-state index contributed by atoms with van der Waals surface area (Å²) < 4.78 is 17.0. The van der Waals surface area contributed by atoms with E-state index in [0.717, 1.165) is 24.3 Å². The van der Waals surface area contributed by atoms with E-state index in [0.29, 0.717) is 49.2 Å². The minimum absolute atomic E-state index is 0.163. The Morgan fingerprint density at radius 2 is 1.70 bits per heavy atom. The van der Waals surface area contributed by atoms with Crippen LogP contribution in [0.3, 0.4) is 0 Å². The zero-order chi connectivity index (χ0) is 30.8. The molecule has 0 aliphatic carbocycles. The predicted octanol–water partition coefficient (Wildman–Crippen LogP) is 4.50. The summed E-state index contributed by atoms with van der Waals surface area (Å²) in [4.78, 5) is 42.8. The Hall–Kier alpha value is -4.61. The summed E-state index contributed by atoms with van der Waals surface area (Å²) in [6, 6.07) is 18.7. The summed E-state index contributed by atoms with van der Waals surface area (Å²) in [5, 5.41) is 12.1. The number of hydrogen-bond donors (Lipinski definition) is 2. The number of carbonyl (C=O) groups is 3. The van der Waals surface area contributed by atoms with Crippen LogP contribution in [-0.4, -0.2) is 87.6 Å². The Labute approximate surface area is 251 Å². The van der Waals surface area contributed by atoms with E-state index in [9.17, 15) is 14.4 Å². The molecule has 0 saturated carbocycles. The summed E-state index contributed by atoms with van der Waals surface area (Å²) in [7, 11) is 1.53. The van der Waals surface area contributed by atoms with Crippen LogP contribution in [0.25, 0.3) is 0 Å². The molecule has 11 heteroatoms. The van der Waals surface area contributed by atoms with E-state index in [1.807, 2.05) is 31.2 Å². The van der Waals surface area contributed by atoms with E-state index in [1.54, 1.807) is 40.1 Å². The van der Waals surface area contributed by atoms with E-state index in [-0.39, 0.29) is 30.7 Å². The number of carboxylic acid groups (broad SMARTS) is 1. The first-order valence-electron chi connectivity index (χ1n) is 14.1. The molecule has 0 unspecified atom stereocenters. The van der Waals surface area contributed by atoms with Gasteiger partial charge in [-0.3, -0.25) is 14.6 Å². The van der Waals surface area contributed by atoms with Gasteiger partial charge in [-0.15, -0.1) is 0 Å². The number of amides is 3.